The lowest BCUT2D eigenvalue weighted by molar-refractivity contribution is 0.519. The summed E-state index contributed by atoms with van der Waals surface area (Å²) < 4.78 is 6.54. The molecule has 0 saturated carbocycles. The highest BCUT2D eigenvalue weighted by Gasteiger charge is 2.18. The van der Waals surface area contributed by atoms with Crippen LogP contribution in [0.25, 0.3) is 44.5 Å². The quantitative estimate of drug-likeness (QED) is 0.281. The zero-order valence-electron chi connectivity index (χ0n) is 14.9. The predicted octanol–water partition coefficient (Wildman–Crippen LogP) is 6.49. The molecule has 140 valence electrons. The molecule has 0 fully saturated rings. The normalized spacial score (nSPS) is 11.2. The molecular weight excluding hydrogens is 452 g/mol. The highest BCUT2D eigenvalue weighted by Crippen LogP contribution is 2.32. The number of pyridine rings is 1. The van der Waals surface area contributed by atoms with Crippen LogP contribution in [0.3, 0.4) is 0 Å². The Morgan fingerprint density at radius 1 is 0.862 bits per heavy atom. The molecule has 2 aromatic heterocycles. The fourth-order valence-electron chi connectivity index (χ4n) is 3.32. The number of hydrogen-bond acceptors (Lipinski definition) is 4. The lowest BCUT2D eigenvalue weighted by atomic mass is 10.0. The Morgan fingerprint density at radius 3 is 2.38 bits per heavy atom. The molecule has 0 aliphatic heterocycles. The molecule has 5 aromatic rings. The number of benzene rings is 3. The second-order valence-corrected chi connectivity index (χ2v) is 7.88. The van der Waals surface area contributed by atoms with Gasteiger partial charge in [-0.15, -0.1) is 0 Å². The van der Waals surface area contributed by atoms with Gasteiger partial charge in [0.05, 0.1) is 16.6 Å². The third-order valence-corrected chi connectivity index (χ3v) is 5.43. The standard InChI is InChI=1S/C23H12BrClN2O2/c24-15-8-6-13(7-9-15)20-21-19(17-12-16(25)10-11-18(17)26-20)23(28)29-22(27-21)14-4-2-1-3-5-14/h1-12H. The van der Waals surface area contributed by atoms with Gasteiger partial charge >= 0.3 is 5.63 Å². The first-order chi connectivity index (χ1) is 14.1. The van der Waals surface area contributed by atoms with Gasteiger partial charge in [0.2, 0.25) is 5.89 Å². The van der Waals surface area contributed by atoms with Crippen molar-refractivity contribution in [1.82, 2.24) is 9.97 Å². The number of fused-ring (bicyclic) bond motifs is 3. The van der Waals surface area contributed by atoms with Crippen molar-refractivity contribution < 1.29 is 4.42 Å². The van der Waals surface area contributed by atoms with E-state index in [4.69, 9.17) is 26.0 Å². The Kier molecular flexibility index (Phi) is 4.42. The van der Waals surface area contributed by atoms with Crippen molar-refractivity contribution in [1.29, 1.82) is 0 Å². The lowest BCUT2D eigenvalue weighted by Gasteiger charge is -2.10. The van der Waals surface area contributed by atoms with Gasteiger partial charge in [0.25, 0.3) is 0 Å². The third kappa shape index (κ3) is 3.22. The molecule has 0 saturated heterocycles. The van der Waals surface area contributed by atoms with E-state index in [1.165, 1.54) is 0 Å². The summed E-state index contributed by atoms with van der Waals surface area (Å²) in [5.74, 6) is 0.254. The first-order valence-electron chi connectivity index (χ1n) is 8.85. The van der Waals surface area contributed by atoms with Crippen LogP contribution in [-0.2, 0) is 0 Å². The molecule has 0 N–H and O–H groups in total. The van der Waals surface area contributed by atoms with Crippen LogP contribution >= 0.6 is 27.5 Å². The zero-order chi connectivity index (χ0) is 20.0. The van der Waals surface area contributed by atoms with Gasteiger partial charge in [-0.3, -0.25) is 0 Å². The Bertz CT molecular complexity index is 1430. The van der Waals surface area contributed by atoms with E-state index in [1.807, 2.05) is 54.6 Å². The van der Waals surface area contributed by atoms with E-state index < -0.39 is 5.63 Å². The van der Waals surface area contributed by atoms with Crippen molar-refractivity contribution in [2.24, 2.45) is 0 Å². The van der Waals surface area contributed by atoms with Gasteiger partial charge < -0.3 is 4.42 Å². The Morgan fingerprint density at radius 2 is 1.62 bits per heavy atom. The minimum atomic E-state index is -0.470. The van der Waals surface area contributed by atoms with Gasteiger partial charge in [0.15, 0.2) is 0 Å². The number of hydrogen-bond donors (Lipinski definition) is 0. The van der Waals surface area contributed by atoms with E-state index in [1.54, 1.807) is 18.2 Å². The molecule has 0 amide bonds. The summed E-state index contributed by atoms with van der Waals surface area (Å²) in [7, 11) is 0. The number of aromatic nitrogens is 2. The fourth-order valence-corrected chi connectivity index (χ4v) is 3.75. The van der Waals surface area contributed by atoms with Gasteiger partial charge in [-0.25, -0.2) is 14.8 Å². The van der Waals surface area contributed by atoms with Gasteiger partial charge in [0.1, 0.15) is 5.52 Å². The number of halogens is 2. The summed E-state index contributed by atoms with van der Waals surface area (Å²) in [6, 6.07) is 22.3. The van der Waals surface area contributed by atoms with Crippen LogP contribution in [0, 0.1) is 0 Å². The maximum Gasteiger partial charge on any atom is 0.347 e. The van der Waals surface area contributed by atoms with Crippen LogP contribution in [0.15, 0.2) is 86.5 Å². The highest BCUT2D eigenvalue weighted by molar-refractivity contribution is 9.10. The third-order valence-electron chi connectivity index (χ3n) is 4.67. The van der Waals surface area contributed by atoms with Crippen LogP contribution in [0.1, 0.15) is 0 Å². The molecule has 0 atom stereocenters. The van der Waals surface area contributed by atoms with E-state index in [0.29, 0.717) is 32.5 Å². The molecule has 0 unspecified atom stereocenters. The van der Waals surface area contributed by atoms with E-state index in [9.17, 15) is 4.79 Å². The van der Waals surface area contributed by atoms with Crippen LogP contribution in [-0.4, -0.2) is 9.97 Å². The monoisotopic (exact) mass is 462 g/mol. The zero-order valence-corrected chi connectivity index (χ0v) is 17.2. The molecule has 0 bridgehead atoms. The van der Waals surface area contributed by atoms with Crippen LogP contribution in [0.2, 0.25) is 5.02 Å². The first-order valence-corrected chi connectivity index (χ1v) is 10.0. The van der Waals surface area contributed by atoms with Crippen molar-refractivity contribution in [2.75, 3.05) is 0 Å². The minimum Gasteiger partial charge on any atom is -0.403 e. The highest BCUT2D eigenvalue weighted by atomic mass is 79.9. The average Bonchev–Trinajstić information content (AvgIpc) is 2.74. The Balaban J connectivity index is 1.93. The smallest absolute Gasteiger partial charge is 0.347 e. The topological polar surface area (TPSA) is 56.0 Å². The average molecular weight is 464 g/mol. The summed E-state index contributed by atoms with van der Waals surface area (Å²) in [4.78, 5) is 22.6. The van der Waals surface area contributed by atoms with Gasteiger partial charge in [0, 0.05) is 26.0 Å². The minimum absolute atomic E-state index is 0.254. The summed E-state index contributed by atoms with van der Waals surface area (Å²) in [5, 5.41) is 1.51. The van der Waals surface area contributed by atoms with Crippen LogP contribution < -0.4 is 5.63 Å². The molecule has 3 aromatic carbocycles. The Hall–Kier alpha value is -3.02. The number of nitrogens with zero attached hydrogens (tertiary/aromatic N) is 2. The van der Waals surface area contributed by atoms with Crippen molar-refractivity contribution in [3.63, 3.8) is 0 Å². The van der Waals surface area contributed by atoms with Gasteiger partial charge in [-0.1, -0.05) is 57.9 Å². The van der Waals surface area contributed by atoms with E-state index in [0.717, 1.165) is 15.6 Å². The lowest BCUT2D eigenvalue weighted by Crippen LogP contribution is -2.06. The first kappa shape index (κ1) is 18.0. The predicted molar refractivity (Wildman–Crippen MR) is 119 cm³/mol. The maximum absolute atomic E-state index is 13.1. The van der Waals surface area contributed by atoms with E-state index >= 15 is 0 Å². The van der Waals surface area contributed by atoms with Crippen molar-refractivity contribution >= 4 is 49.3 Å². The van der Waals surface area contributed by atoms with Gasteiger partial charge in [-0.2, -0.15) is 0 Å². The summed E-state index contributed by atoms with van der Waals surface area (Å²) in [5.41, 5.74) is 2.86. The molecular formula is C23H12BrClN2O2. The van der Waals surface area contributed by atoms with Crippen LogP contribution in [0.4, 0.5) is 0 Å². The SMILES string of the molecule is O=c1oc(-c2ccccc2)nc2c(-c3ccc(Br)cc3)nc3ccc(Cl)cc3c12. The molecule has 4 nitrogen and oxygen atoms in total. The molecule has 0 radical (unpaired) electrons. The summed E-state index contributed by atoms with van der Waals surface area (Å²) in [6.45, 7) is 0. The second kappa shape index (κ2) is 7.10. The Labute approximate surface area is 178 Å². The molecule has 2 heterocycles. The largest absolute Gasteiger partial charge is 0.403 e. The van der Waals surface area contributed by atoms with Crippen molar-refractivity contribution in [3.05, 3.63) is 92.7 Å². The molecule has 6 heteroatoms. The van der Waals surface area contributed by atoms with E-state index in [2.05, 4.69) is 15.9 Å². The molecule has 0 spiro atoms. The van der Waals surface area contributed by atoms with Gasteiger partial charge in [-0.05, 0) is 42.5 Å². The van der Waals surface area contributed by atoms with Crippen molar-refractivity contribution in [2.45, 2.75) is 0 Å². The molecule has 29 heavy (non-hydrogen) atoms. The molecule has 0 aliphatic rings. The number of rotatable bonds is 2. The fraction of sp³-hybridized carbons (Fsp3) is 0. The van der Waals surface area contributed by atoms with Crippen LogP contribution in [0.5, 0.6) is 0 Å². The maximum atomic E-state index is 13.1. The van der Waals surface area contributed by atoms with E-state index in [-0.39, 0.29) is 5.89 Å². The summed E-state index contributed by atoms with van der Waals surface area (Å²) in [6.07, 6.45) is 0. The second-order valence-electron chi connectivity index (χ2n) is 6.52. The molecule has 5 rings (SSSR count). The summed E-state index contributed by atoms with van der Waals surface area (Å²) >= 11 is 9.64. The van der Waals surface area contributed by atoms with Crippen molar-refractivity contribution in [3.8, 4) is 22.7 Å². The molecule has 0 aliphatic carbocycles.